The maximum Gasteiger partial charge on any atom is 0.355 e. The van der Waals surface area contributed by atoms with Gasteiger partial charge in [0.1, 0.15) is 11.5 Å². The molecular formula is C24H21N5O3S. The first-order valence-corrected chi connectivity index (χ1v) is 11.2. The number of nitrogen functional groups attached to an aromatic ring is 1. The van der Waals surface area contributed by atoms with E-state index in [-0.39, 0.29) is 6.61 Å². The molecule has 0 bridgehead atoms. The number of nitrogens with zero attached hydrogens (tertiary/aromatic N) is 4. The van der Waals surface area contributed by atoms with Gasteiger partial charge in [-0.15, -0.1) is 11.3 Å². The maximum atomic E-state index is 13.4. The van der Waals surface area contributed by atoms with Gasteiger partial charge in [0.2, 0.25) is 5.88 Å². The van der Waals surface area contributed by atoms with Crippen LogP contribution in [-0.4, -0.2) is 39.2 Å². The smallest absolute Gasteiger partial charge is 0.355 e. The van der Waals surface area contributed by atoms with Crippen molar-refractivity contribution < 1.29 is 14.3 Å². The van der Waals surface area contributed by atoms with Crippen molar-refractivity contribution in [2.75, 3.05) is 19.5 Å². The van der Waals surface area contributed by atoms with Crippen molar-refractivity contribution in [2.45, 2.75) is 13.5 Å². The summed E-state index contributed by atoms with van der Waals surface area (Å²) in [7, 11) is 1.57. The molecule has 4 heterocycles. The molecular weight excluding hydrogens is 438 g/mol. The van der Waals surface area contributed by atoms with E-state index in [1.807, 2.05) is 34.3 Å². The Hall–Kier alpha value is -3.98. The van der Waals surface area contributed by atoms with E-state index in [2.05, 4.69) is 21.0 Å². The summed E-state index contributed by atoms with van der Waals surface area (Å²) in [6, 6.07) is 11.5. The first-order chi connectivity index (χ1) is 16.1. The summed E-state index contributed by atoms with van der Waals surface area (Å²) in [5, 5.41) is 0.892. The summed E-state index contributed by atoms with van der Waals surface area (Å²) in [4.78, 5) is 26.3. The minimum atomic E-state index is -0.423. The Morgan fingerprint density at radius 3 is 2.82 bits per heavy atom. The molecule has 5 aromatic rings. The largest absolute Gasteiger partial charge is 0.481 e. The number of nitrogens with two attached hydrogens (primary N) is 1. The lowest BCUT2D eigenvalue weighted by Crippen LogP contribution is -2.14. The second-order valence-corrected chi connectivity index (χ2v) is 8.26. The molecule has 0 spiro atoms. The van der Waals surface area contributed by atoms with E-state index < -0.39 is 5.97 Å². The number of aromatic nitrogens is 4. The molecule has 0 radical (unpaired) electrons. The van der Waals surface area contributed by atoms with Gasteiger partial charge in [0.15, 0.2) is 0 Å². The van der Waals surface area contributed by atoms with Crippen molar-refractivity contribution in [1.29, 1.82) is 0 Å². The van der Waals surface area contributed by atoms with Crippen LogP contribution in [0.15, 0.2) is 54.3 Å². The van der Waals surface area contributed by atoms with Crippen molar-refractivity contribution in [3.05, 3.63) is 65.6 Å². The average molecular weight is 460 g/mol. The number of thiazole rings is 1. The van der Waals surface area contributed by atoms with Crippen LogP contribution in [0.25, 0.3) is 32.2 Å². The molecule has 2 N–H and O–H groups in total. The van der Waals surface area contributed by atoms with Gasteiger partial charge in [0.05, 0.1) is 35.0 Å². The standard InChI is InChI=1S/C24H21N5O3S/c1-3-32-24(30)22-21(15-5-4-7-27-23(15)31-2)16-10-19-17(28-13-33-19)11-18(16)29(22)12-14-6-8-26-20(25)9-14/h4-11,13H,3,12H2,1-2H3,(H2,25,26). The van der Waals surface area contributed by atoms with Gasteiger partial charge in [-0.3, -0.25) is 0 Å². The molecule has 8 nitrogen and oxygen atoms in total. The molecule has 0 saturated heterocycles. The summed E-state index contributed by atoms with van der Waals surface area (Å²) < 4.78 is 14.0. The highest BCUT2D eigenvalue weighted by Crippen LogP contribution is 2.41. The van der Waals surface area contributed by atoms with E-state index in [1.54, 1.807) is 43.8 Å². The van der Waals surface area contributed by atoms with Crippen LogP contribution in [0, 0.1) is 0 Å². The van der Waals surface area contributed by atoms with Gasteiger partial charge >= 0.3 is 5.97 Å². The van der Waals surface area contributed by atoms with Gasteiger partial charge in [-0.05, 0) is 48.9 Å². The molecule has 0 aliphatic rings. The Bertz CT molecular complexity index is 1490. The molecule has 33 heavy (non-hydrogen) atoms. The van der Waals surface area contributed by atoms with Gasteiger partial charge < -0.3 is 19.8 Å². The number of pyridine rings is 2. The van der Waals surface area contributed by atoms with Crippen LogP contribution in [0.3, 0.4) is 0 Å². The summed E-state index contributed by atoms with van der Waals surface area (Å²) >= 11 is 1.55. The lowest BCUT2D eigenvalue weighted by atomic mass is 10.0. The van der Waals surface area contributed by atoms with Crippen LogP contribution in [-0.2, 0) is 11.3 Å². The topological polar surface area (TPSA) is 105 Å². The molecule has 166 valence electrons. The van der Waals surface area contributed by atoms with E-state index in [0.29, 0.717) is 35.1 Å². The van der Waals surface area contributed by atoms with Gasteiger partial charge in [-0.2, -0.15) is 0 Å². The lowest BCUT2D eigenvalue weighted by molar-refractivity contribution is 0.0516. The monoisotopic (exact) mass is 459 g/mol. The van der Waals surface area contributed by atoms with Crippen LogP contribution in [0.5, 0.6) is 5.88 Å². The van der Waals surface area contributed by atoms with Crippen LogP contribution in [0.2, 0.25) is 0 Å². The highest BCUT2D eigenvalue weighted by atomic mass is 32.1. The molecule has 9 heteroatoms. The number of anilines is 1. The molecule has 1 aromatic carbocycles. The van der Waals surface area contributed by atoms with Gasteiger partial charge in [0.25, 0.3) is 0 Å². The van der Waals surface area contributed by atoms with Crippen molar-refractivity contribution in [3.8, 4) is 17.0 Å². The van der Waals surface area contributed by atoms with E-state index in [4.69, 9.17) is 15.2 Å². The van der Waals surface area contributed by atoms with Crippen molar-refractivity contribution in [3.63, 3.8) is 0 Å². The summed E-state index contributed by atoms with van der Waals surface area (Å²) in [5.74, 6) is 0.422. The van der Waals surface area contributed by atoms with Crippen molar-refractivity contribution in [2.24, 2.45) is 0 Å². The molecule has 0 fully saturated rings. The van der Waals surface area contributed by atoms with Crippen LogP contribution in [0.4, 0.5) is 5.82 Å². The minimum Gasteiger partial charge on any atom is -0.481 e. The summed E-state index contributed by atoms with van der Waals surface area (Å²) in [6.45, 7) is 2.44. The second-order valence-electron chi connectivity index (χ2n) is 7.37. The van der Waals surface area contributed by atoms with E-state index in [9.17, 15) is 4.79 Å². The van der Waals surface area contributed by atoms with Crippen molar-refractivity contribution in [1.82, 2.24) is 19.5 Å². The fourth-order valence-corrected chi connectivity index (χ4v) is 4.76. The SMILES string of the molecule is CCOC(=O)c1c(-c2cccnc2OC)c2cc3scnc3cc2n1Cc1ccnc(N)c1. The molecule has 5 rings (SSSR count). The zero-order valence-corrected chi connectivity index (χ0v) is 18.9. The van der Waals surface area contributed by atoms with E-state index >= 15 is 0 Å². The number of carbonyl (C=O) groups is 1. The zero-order valence-electron chi connectivity index (χ0n) is 18.1. The van der Waals surface area contributed by atoms with E-state index in [0.717, 1.165) is 26.7 Å². The van der Waals surface area contributed by atoms with Crippen LogP contribution in [0.1, 0.15) is 23.0 Å². The number of fused-ring (bicyclic) bond motifs is 2. The Balaban J connectivity index is 1.88. The fourth-order valence-electron chi connectivity index (χ4n) is 4.07. The number of hydrogen-bond donors (Lipinski definition) is 1. The number of benzene rings is 1. The fraction of sp³-hybridized carbons (Fsp3) is 0.167. The number of carbonyl (C=O) groups excluding carboxylic acids is 1. The molecule has 4 aromatic heterocycles. The van der Waals surface area contributed by atoms with Crippen molar-refractivity contribution >= 4 is 44.2 Å². The summed E-state index contributed by atoms with van der Waals surface area (Å²) in [5.41, 5.74) is 12.2. The molecule has 0 amide bonds. The third-order valence-electron chi connectivity index (χ3n) is 5.40. The van der Waals surface area contributed by atoms with Gasteiger partial charge in [-0.25, -0.2) is 19.7 Å². The normalized spacial score (nSPS) is 11.2. The number of esters is 1. The van der Waals surface area contributed by atoms with E-state index in [1.165, 1.54) is 0 Å². The number of hydrogen-bond acceptors (Lipinski definition) is 8. The Labute approximate surface area is 193 Å². The first kappa shape index (κ1) is 20.9. The predicted octanol–water partition coefficient (Wildman–Crippen LogP) is 4.52. The number of rotatable bonds is 6. The predicted molar refractivity (Wildman–Crippen MR) is 129 cm³/mol. The van der Waals surface area contributed by atoms with Crippen LogP contribution >= 0.6 is 11.3 Å². The molecule has 0 aliphatic heterocycles. The Morgan fingerprint density at radius 2 is 2.03 bits per heavy atom. The minimum absolute atomic E-state index is 0.253. The second kappa shape index (κ2) is 8.51. The highest BCUT2D eigenvalue weighted by molar-refractivity contribution is 7.16. The number of methoxy groups -OCH3 is 1. The summed E-state index contributed by atoms with van der Waals surface area (Å²) in [6.07, 6.45) is 3.32. The third-order valence-corrected chi connectivity index (χ3v) is 6.20. The quantitative estimate of drug-likeness (QED) is 0.372. The molecule has 0 atom stereocenters. The lowest BCUT2D eigenvalue weighted by Gasteiger charge is -2.13. The van der Waals surface area contributed by atoms with Crippen LogP contribution < -0.4 is 10.5 Å². The van der Waals surface area contributed by atoms with Gasteiger partial charge in [-0.1, -0.05) is 0 Å². The Morgan fingerprint density at radius 1 is 1.15 bits per heavy atom. The number of ether oxygens (including phenoxy) is 2. The highest BCUT2D eigenvalue weighted by Gasteiger charge is 2.28. The van der Waals surface area contributed by atoms with Gasteiger partial charge in [0, 0.05) is 35.5 Å². The maximum absolute atomic E-state index is 13.4. The Kier molecular flexibility index (Phi) is 5.39. The molecule has 0 aliphatic carbocycles. The zero-order chi connectivity index (χ0) is 22.9. The first-order valence-electron chi connectivity index (χ1n) is 10.4. The molecule has 0 unspecified atom stereocenters. The molecule has 0 saturated carbocycles. The third kappa shape index (κ3) is 3.66. The average Bonchev–Trinajstić information content (AvgIpc) is 3.40.